The molecule has 2 saturated heterocycles. The minimum absolute atomic E-state index is 0.0571. The number of hydrogen-bond donors (Lipinski definition) is 1. The first kappa shape index (κ1) is 19.7. The second-order valence-electron chi connectivity index (χ2n) is 6.96. The van der Waals surface area contributed by atoms with Crippen LogP contribution >= 0.6 is 0 Å². The summed E-state index contributed by atoms with van der Waals surface area (Å²) in [6.07, 6.45) is 1.77. The molecule has 0 bridgehead atoms. The molecule has 0 saturated carbocycles. The summed E-state index contributed by atoms with van der Waals surface area (Å²) in [5.74, 6) is -0.622. The molecule has 0 aromatic heterocycles. The molecule has 1 aromatic rings. The molecule has 0 spiro atoms. The molecule has 3 rings (SSSR count). The van der Waals surface area contributed by atoms with Crippen LogP contribution in [0.2, 0.25) is 0 Å². The number of anilines is 1. The summed E-state index contributed by atoms with van der Waals surface area (Å²) in [5.41, 5.74) is 5.79. The highest BCUT2D eigenvalue weighted by Gasteiger charge is 2.31. The fraction of sp³-hybridized carbons (Fsp3) is 0.579. The molecule has 2 aliphatic rings. The zero-order valence-corrected chi connectivity index (χ0v) is 15.3. The van der Waals surface area contributed by atoms with Crippen molar-refractivity contribution in [2.75, 3.05) is 44.3 Å². The van der Waals surface area contributed by atoms with Gasteiger partial charge in [-0.1, -0.05) is 0 Å². The molecule has 2 amide bonds. The van der Waals surface area contributed by atoms with Crippen molar-refractivity contribution in [2.45, 2.75) is 25.6 Å². The number of halogens is 1. The number of primary amides is 1. The summed E-state index contributed by atoms with van der Waals surface area (Å²) in [5, 5.41) is 0. The Labute approximate surface area is 158 Å². The number of nitrogens with two attached hydrogens (primary N) is 1. The number of rotatable bonds is 7. The molecular formula is C19H26FN3O4. The van der Waals surface area contributed by atoms with Gasteiger partial charge in [0.1, 0.15) is 5.82 Å². The van der Waals surface area contributed by atoms with Crippen LogP contribution in [0.25, 0.3) is 0 Å². The van der Waals surface area contributed by atoms with E-state index >= 15 is 0 Å². The van der Waals surface area contributed by atoms with Crippen LogP contribution in [0, 0.1) is 11.7 Å². The third-order valence-electron chi connectivity index (χ3n) is 5.04. The summed E-state index contributed by atoms with van der Waals surface area (Å²) < 4.78 is 24.4. The fourth-order valence-corrected chi connectivity index (χ4v) is 3.55. The highest BCUT2D eigenvalue weighted by Crippen LogP contribution is 2.26. The highest BCUT2D eigenvalue weighted by molar-refractivity contribution is 5.95. The number of likely N-dealkylation sites (tertiary alicyclic amines) is 1. The van der Waals surface area contributed by atoms with Crippen molar-refractivity contribution in [2.24, 2.45) is 11.7 Å². The summed E-state index contributed by atoms with van der Waals surface area (Å²) in [4.78, 5) is 27.6. The Balaban J connectivity index is 1.57. The maximum absolute atomic E-state index is 13.2. The molecule has 0 radical (unpaired) electrons. The molecule has 2 heterocycles. The zero-order chi connectivity index (χ0) is 19.2. The number of piperidine rings is 1. The molecule has 2 N–H and O–H groups in total. The van der Waals surface area contributed by atoms with E-state index in [0.29, 0.717) is 24.8 Å². The van der Waals surface area contributed by atoms with Gasteiger partial charge in [-0.25, -0.2) is 4.39 Å². The van der Waals surface area contributed by atoms with Gasteiger partial charge < -0.3 is 20.1 Å². The molecule has 27 heavy (non-hydrogen) atoms. The minimum atomic E-state index is -0.479. The van der Waals surface area contributed by atoms with E-state index in [9.17, 15) is 14.0 Å². The van der Waals surface area contributed by atoms with Crippen molar-refractivity contribution in [1.29, 1.82) is 0 Å². The Bertz CT molecular complexity index is 641. The highest BCUT2D eigenvalue weighted by atomic mass is 19.1. The van der Waals surface area contributed by atoms with Crippen LogP contribution in [-0.2, 0) is 19.1 Å². The topological polar surface area (TPSA) is 85.1 Å². The third-order valence-corrected chi connectivity index (χ3v) is 5.04. The van der Waals surface area contributed by atoms with Crippen molar-refractivity contribution in [3.63, 3.8) is 0 Å². The molecule has 2 fully saturated rings. The van der Waals surface area contributed by atoms with Crippen molar-refractivity contribution < 1.29 is 23.5 Å². The van der Waals surface area contributed by atoms with E-state index < -0.39 is 5.91 Å². The Morgan fingerprint density at radius 2 is 1.78 bits per heavy atom. The second kappa shape index (κ2) is 9.25. The quantitative estimate of drug-likeness (QED) is 0.767. The molecule has 2 aliphatic heterocycles. The van der Waals surface area contributed by atoms with Crippen LogP contribution in [0.1, 0.15) is 19.3 Å². The van der Waals surface area contributed by atoms with Gasteiger partial charge in [0.2, 0.25) is 11.8 Å². The number of carbonyl (C=O) groups is 2. The SMILES string of the molecule is NC(=O)CCN(C(=O)CN1CCC(C2OCCO2)CC1)c1ccc(F)cc1. The van der Waals surface area contributed by atoms with Gasteiger partial charge in [-0.2, -0.15) is 0 Å². The van der Waals surface area contributed by atoms with E-state index in [4.69, 9.17) is 15.2 Å². The van der Waals surface area contributed by atoms with E-state index in [-0.39, 0.29) is 37.5 Å². The first-order valence-electron chi connectivity index (χ1n) is 9.33. The van der Waals surface area contributed by atoms with E-state index in [2.05, 4.69) is 4.90 Å². The molecule has 148 valence electrons. The van der Waals surface area contributed by atoms with Crippen molar-refractivity contribution in [3.05, 3.63) is 30.1 Å². The Kier molecular flexibility index (Phi) is 6.76. The van der Waals surface area contributed by atoms with Gasteiger partial charge >= 0.3 is 0 Å². The first-order valence-corrected chi connectivity index (χ1v) is 9.33. The van der Waals surface area contributed by atoms with Gasteiger partial charge in [0.15, 0.2) is 6.29 Å². The normalized spacial score (nSPS) is 19.3. The number of carbonyl (C=O) groups excluding carboxylic acids is 2. The number of hydrogen-bond acceptors (Lipinski definition) is 5. The lowest BCUT2D eigenvalue weighted by Crippen LogP contribution is -2.45. The summed E-state index contributed by atoms with van der Waals surface area (Å²) >= 11 is 0. The number of ether oxygens (including phenoxy) is 2. The number of benzene rings is 1. The lowest BCUT2D eigenvalue weighted by Gasteiger charge is -2.34. The Morgan fingerprint density at radius 1 is 1.15 bits per heavy atom. The van der Waals surface area contributed by atoms with E-state index in [1.54, 1.807) is 0 Å². The van der Waals surface area contributed by atoms with Crippen molar-refractivity contribution in [3.8, 4) is 0 Å². The zero-order valence-electron chi connectivity index (χ0n) is 15.3. The fourth-order valence-electron chi connectivity index (χ4n) is 3.55. The molecule has 0 atom stereocenters. The standard InChI is InChI=1S/C19H26FN3O4/c20-15-1-3-16(4-2-15)23(10-7-17(21)24)18(25)13-22-8-5-14(6-9-22)19-26-11-12-27-19/h1-4,14,19H,5-13H2,(H2,21,24). The predicted molar refractivity (Wildman–Crippen MR) is 97.4 cm³/mol. The van der Waals surface area contributed by atoms with Gasteiger partial charge in [-0.3, -0.25) is 14.5 Å². The second-order valence-corrected chi connectivity index (χ2v) is 6.96. The lowest BCUT2D eigenvalue weighted by molar-refractivity contribution is -0.121. The van der Waals surface area contributed by atoms with Crippen LogP contribution in [0.3, 0.4) is 0 Å². The van der Waals surface area contributed by atoms with Gasteiger partial charge in [0.05, 0.1) is 19.8 Å². The average molecular weight is 379 g/mol. The predicted octanol–water partition coefficient (Wildman–Crippen LogP) is 1.12. The molecule has 8 heteroatoms. The largest absolute Gasteiger partial charge is 0.370 e. The first-order chi connectivity index (χ1) is 13.0. The van der Waals surface area contributed by atoms with E-state index in [1.807, 2.05) is 0 Å². The van der Waals surface area contributed by atoms with Gasteiger partial charge in [0, 0.05) is 24.6 Å². The molecule has 7 nitrogen and oxygen atoms in total. The van der Waals surface area contributed by atoms with Crippen molar-refractivity contribution >= 4 is 17.5 Å². The Hall–Kier alpha value is -2.03. The van der Waals surface area contributed by atoms with Crippen LogP contribution in [0.15, 0.2) is 24.3 Å². The Morgan fingerprint density at radius 3 is 2.37 bits per heavy atom. The third kappa shape index (κ3) is 5.47. The lowest BCUT2D eigenvalue weighted by atomic mass is 9.96. The average Bonchev–Trinajstić information content (AvgIpc) is 3.18. The summed E-state index contributed by atoms with van der Waals surface area (Å²) in [6.45, 7) is 3.29. The van der Waals surface area contributed by atoms with E-state index in [1.165, 1.54) is 29.2 Å². The minimum Gasteiger partial charge on any atom is -0.370 e. The summed E-state index contributed by atoms with van der Waals surface area (Å²) in [7, 11) is 0. The van der Waals surface area contributed by atoms with Crippen LogP contribution in [-0.4, -0.2) is 62.4 Å². The number of amides is 2. The smallest absolute Gasteiger partial charge is 0.241 e. The van der Waals surface area contributed by atoms with Gasteiger partial charge in [0.25, 0.3) is 0 Å². The van der Waals surface area contributed by atoms with Crippen LogP contribution in [0.4, 0.5) is 10.1 Å². The van der Waals surface area contributed by atoms with Crippen LogP contribution < -0.4 is 10.6 Å². The maximum atomic E-state index is 13.2. The number of nitrogens with zero attached hydrogens (tertiary/aromatic N) is 2. The maximum Gasteiger partial charge on any atom is 0.241 e. The van der Waals surface area contributed by atoms with E-state index in [0.717, 1.165) is 25.9 Å². The van der Waals surface area contributed by atoms with Gasteiger partial charge in [-0.05, 0) is 50.2 Å². The van der Waals surface area contributed by atoms with Crippen LogP contribution in [0.5, 0.6) is 0 Å². The molecular weight excluding hydrogens is 353 g/mol. The molecule has 0 aliphatic carbocycles. The summed E-state index contributed by atoms with van der Waals surface area (Å²) in [6, 6.07) is 5.67. The monoisotopic (exact) mass is 379 g/mol. The molecule has 0 unspecified atom stereocenters. The molecule has 1 aromatic carbocycles. The van der Waals surface area contributed by atoms with Gasteiger partial charge in [-0.15, -0.1) is 0 Å². The van der Waals surface area contributed by atoms with Crippen molar-refractivity contribution in [1.82, 2.24) is 4.90 Å².